The Balaban J connectivity index is 1.42. The lowest BCUT2D eigenvalue weighted by Crippen LogP contribution is -2.35. The normalized spacial score (nSPS) is 33.7. The van der Waals surface area contributed by atoms with Crippen LogP contribution in [0, 0.1) is 29.1 Å². The zero-order valence-corrected chi connectivity index (χ0v) is 13.1. The van der Waals surface area contributed by atoms with Crippen LogP contribution in [0.5, 0.6) is 0 Å². The van der Waals surface area contributed by atoms with Gasteiger partial charge in [-0.25, -0.2) is 9.37 Å². The summed E-state index contributed by atoms with van der Waals surface area (Å²) < 4.78 is 15.2. The first-order valence-corrected chi connectivity index (χ1v) is 8.28. The quantitative estimate of drug-likeness (QED) is 0.859. The van der Waals surface area contributed by atoms with E-state index in [1.807, 2.05) is 4.68 Å². The Morgan fingerprint density at radius 3 is 3.00 bits per heavy atom. The number of nitrogens with zero attached hydrogens (tertiary/aromatic N) is 4. The molecular weight excluding hydrogens is 297 g/mol. The van der Waals surface area contributed by atoms with E-state index in [0.717, 1.165) is 25.8 Å². The van der Waals surface area contributed by atoms with Crippen molar-refractivity contribution in [1.29, 1.82) is 5.26 Å². The first-order chi connectivity index (χ1) is 11.2. The van der Waals surface area contributed by atoms with E-state index in [2.05, 4.69) is 21.5 Å². The van der Waals surface area contributed by atoms with Crippen molar-refractivity contribution < 1.29 is 9.18 Å². The average molecular weight is 319 g/mol. The van der Waals surface area contributed by atoms with E-state index < -0.39 is 18.0 Å². The van der Waals surface area contributed by atoms with Crippen molar-refractivity contribution in [2.45, 2.75) is 50.9 Å². The number of Topliss-reactive ketones (excluding diaryl/α,β-unsaturated/α-hetero) is 1. The number of ketones is 1. The molecule has 0 aliphatic heterocycles. The third kappa shape index (κ3) is 3.94. The molecule has 6 nitrogen and oxygen atoms in total. The fourth-order valence-electron chi connectivity index (χ4n) is 3.87. The minimum Gasteiger partial charge on any atom is -0.307 e. The minimum absolute atomic E-state index is 0.0172. The summed E-state index contributed by atoms with van der Waals surface area (Å²) >= 11 is 0. The molecule has 5 atom stereocenters. The molecule has 0 bridgehead atoms. The van der Waals surface area contributed by atoms with Crippen molar-refractivity contribution in [2.75, 3.05) is 6.54 Å². The molecule has 1 aromatic heterocycles. The molecule has 0 radical (unpaired) electrons. The zero-order chi connectivity index (χ0) is 16.2. The third-order valence-electron chi connectivity index (χ3n) is 5.10. The zero-order valence-electron chi connectivity index (χ0n) is 13.1. The predicted molar refractivity (Wildman–Crippen MR) is 80.9 cm³/mol. The summed E-state index contributed by atoms with van der Waals surface area (Å²) in [4.78, 5) is 16.2. The van der Waals surface area contributed by atoms with Crippen LogP contribution in [0.15, 0.2) is 12.7 Å². The molecule has 0 spiro atoms. The number of halogens is 1. The molecule has 1 heterocycles. The number of hydrogen-bond donors (Lipinski definition) is 1. The average Bonchev–Trinajstić information content (AvgIpc) is 3.26. The highest BCUT2D eigenvalue weighted by molar-refractivity contribution is 5.84. The Kier molecular flexibility index (Phi) is 5.01. The first-order valence-electron chi connectivity index (χ1n) is 8.28. The second kappa shape index (κ2) is 7.18. The molecule has 1 aromatic rings. The summed E-state index contributed by atoms with van der Waals surface area (Å²) in [5, 5.41) is 16.5. The highest BCUT2D eigenvalue weighted by Gasteiger charge is 2.39. The van der Waals surface area contributed by atoms with Gasteiger partial charge in [-0.3, -0.25) is 9.48 Å². The van der Waals surface area contributed by atoms with Crippen LogP contribution in [0.2, 0.25) is 0 Å². The fraction of sp³-hybridized carbons (Fsp3) is 0.750. The van der Waals surface area contributed by atoms with Gasteiger partial charge in [-0.15, -0.1) is 0 Å². The van der Waals surface area contributed by atoms with Crippen LogP contribution in [-0.4, -0.2) is 39.3 Å². The van der Waals surface area contributed by atoms with Gasteiger partial charge in [0.1, 0.15) is 18.8 Å². The summed E-state index contributed by atoms with van der Waals surface area (Å²) in [5.74, 6) is -0.368. The van der Waals surface area contributed by atoms with Gasteiger partial charge in [0.05, 0.1) is 18.5 Å². The molecule has 2 aliphatic carbocycles. The smallest absolute Gasteiger partial charge is 0.151 e. The molecular formula is C16H22FN5O. The van der Waals surface area contributed by atoms with Crippen LogP contribution in [0.3, 0.4) is 0 Å². The molecule has 7 heteroatoms. The number of aromatic nitrogens is 3. The monoisotopic (exact) mass is 319 g/mol. The molecule has 1 N–H and O–H groups in total. The van der Waals surface area contributed by atoms with Crippen molar-refractivity contribution in [2.24, 2.45) is 17.8 Å². The maximum atomic E-state index is 13.4. The van der Waals surface area contributed by atoms with Crippen molar-refractivity contribution in [3.05, 3.63) is 12.7 Å². The Morgan fingerprint density at radius 1 is 1.39 bits per heavy atom. The molecule has 1 unspecified atom stereocenters. The standard InChI is InChI=1S/C16H22FN5O/c17-13-4-12(6-18)15(5-13)16(23)7-20-14-2-1-11(3-14)8-22-10-19-9-21-22/h9-15,20H,1-5,7-8H2/t11-,12-,13-,14+,15?/m0/s1. The van der Waals surface area contributed by atoms with Crippen LogP contribution in [0.4, 0.5) is 4.39 Å². The third-order valence-corrected chi connectivity index (χ3v) is 5.10. The van der Waals surface area contributed by atoms with Gasteiger partial charge in [0.15, 0.2) is 5.78 Å². The lowest BCUT2D eigenvalue weighted by Gasteiger charge is -2.16. The number of rotatable bonds is 6. The van der Waals surface area contributed by atoms with Gasteiger partial charge in [0.2, 0.25) is 0 Å². The Bertz CT molecular complexity index is 570. The van der Waals surface area contributed by atoms with Gasteiger partial charge in [-0.05, 0) is 38.0 Å². The number of carbonyl (C=O) groups excluding carboxylic acids is 1. The van der Waals surface area contributed by atoms with Gasteiger partial charge in [-0.2, -0.15) is 10.4 Å². The molecule has 0 aromatic carbocycles. The second-order valence-corrected chi connectivity index (χ2v) is 6.75. The van der Waals surface area contributed by atoms with Crippen LogP contribution < -0.4 is 5.32 Å². The van der Waals surface area contributed by atoms with E-state index in [1.165, 1.54) is 6.33 Å². The Hall–Kier alpha value is -1.81. The SMILES string of the molecule is N#C[C@@H]1C[C@H](F)CC1C(=O)CN[C@@H]1CC[C@H](Cn2cncn2)C1. The van der Waals surface area contributed by atoms with Crippen LogP contribution in [0.25, 0.3) is 0 Å². The van der Waals surface area contributed by atoms with Crippen molar-refractivity contribution >= 4 is 5.78 Å². The van der Waals surface area contributed by atoms with E-state index in [0.29, 0.717) is 12.0 Å². The summed E-state index contributed by atoms with van der Waals surface area (Å²) in [6.45, 7) is 1.10. The van der Waals surface area contributed by atoms with E-state index >= 15 is 0 Å². The number of carbonyl (C=O) groups is 1. The topological polar surface area (TPSA) is 83.6 Å². The lowest BCUT2D eigenvalue weighted by molar-refractivity contribution is -0.122. The molecule has 0 amide bonds. The number of hydrogen-bond acceptors (Lipinski definition) is 5. The van der Waals surface area contributed by atoms with E-state index in [-0.39, 0.29) is 25.2 Å². The lowest BCUT2D eigenvalue weighted by atomic mass is 9.93. The van der Waals surface area contributed by atoms with E-state index in [1.54, 1.807) is 6.33 Å². The van der Waals surface area contributed by atoms with Gasteiger partial charge in [0, 0.05) is 18.5 Å². The minimum atomic E-state index is -1.01. The molecule has 2 fully saturated rings. The van der Waals surface area contributed by atoms with Gasteiger partial charge in [0.25, 0.3) is 0 Å². The number of nitrogens with one attached hydrogen (secondary N) is 1. The van der Waals surface area contributed by atoms with Gasteiger partial charge < -0.3 is 5.32 Å². The van der Waals surface area contributed by atoms with Crippen molar-refractivity contribution in [1.82, 2.24) is 20.1 Å². The summed E-state index contributed by atoms with van der Waals surface area (Å²) in [6, 6.07) is 2.40. The van der Waals surface area contributed by atoms with Crippen LogP contribution in [-0.2, 0) is 11.3 Å². The van der Waals surface area contributed by atoms with E-state index in [9.17, 15) is 9.18 Å². The highest BCUT2D eigenvalue weighted by Crippen LogP contribution is 2.34. The molecule has 2 saturated carbocycles. The van der Waals surface area contributed by atoms with Gasteiger partial charge in [-0.1, -0.05) is 0 Å². The van der Waals surface area contributed by atoms with E-state index in [4.69, 9.17) is 5.26 Å². The fourth-order valence-corrected chi connectivity index (χ4v) is 3.87. The maximum Gasteiger partial charge on any atom is 0.151 e. The Labute approximate surface area is 135 Å². The van der Waals surface area contributed by atoms with Crippen LogP contribution >= 0.6 is 0 Å². The van der Waals surface area contributed by atoms with Gasteiger partial charge >= 0.3 is 0 Å². The van der Waals surface area contributed by atoms with Crippen molar-refractivity contribution in [3.63, 3.8) is 0 Å². The number of alkyl halides is 1. The molecule has 2 aliphatic rings. The van der Waals surface area contributed by atoms with Crippen LogP contribution in [0.1, 0.15) is 32.1 Å². The molecule has 23 heavy (non-hydrogen) atoms. The molecule has 0 saturated heterocycles. The summed E-state index contributed by atoms with van der Waals surface area (Å²) in [6.07, 6.45) is 5.80. The summed E-state index contributed by atoms with van der Waals surface area (Å²) in [5.41, 5.74) is 0. The van der Waals surface area contributed by atoms with Crippen molar-refractivity contribution in [3.8, 4) is 6.07 Å². The Morgan fingerprint density at radius 2 is 2.26 bits per heavy atom. The second-order valence-electron chi connectivity index (χ2n) is 6.75. The molecule has 3 rings (SSSR count). The molecule has 124 valence electrons. The number of nitriles is 1. The summed E-state index contributed by atoms with van der Waals surface area (Å²) in [7, 11) is 0. The first kappa shape index (κ1) is 16.1. The highest BCUT2D eigenvalue weighted by atomic mass is 19.1. The maximum absolute atomic E-state index is 13.4. The largest absolute Gasteiger partial charge is 0.307 e. The predicted octanol–water partition coefficient (Wildman–Crippen LogP) is 1.49.